The van der Waals surface area contributed by atoms with Crippen molar-refractivity contribution in [2.24, 2.45) is 0 Å². The zero-order valence-electron chi connectivity index (χ0n) is 11.6. The van der Waals surface area contributed by atoms with E-state index in [1.54, 1.807) is 0 Å². The lowest BCUT2D eigenvalue weighted by Crippen LogP contribution is -2.31. The second kappa shape index (κ2) is 6.93. The molecule has 1 aromatic heterocycles. The van der Waals surface area contributed by atoms with Gasteiger partial charge in [-0.15, -0.1) is 0 Å². The zero-order chi connectivity index (χ0) is 13.5. The summed E-state index contributed by atoms with van der Waals surface area (Å²) < 4.78 is 0. The molecule has 18 heavy (non-hydrogen) atoms. The van der Waals surface area contributed by atoms with Gasteiger partial charge in [-0.05, 0) is 27.2 Å². The summed E-state index contributed by atoms with van der Waals surface area (Å²) in [7, 11) is 0. The van der Waals surface area contributed by atoms with Crippen LogP contribution in [0.3, 0.4) is 0 Å². The Morgan fingerprint density at radius 3 is 2.72 bits per heavy atom. The molecule has 0 aliphatic carbocycles. The maximum Gasteiger partial charge on any atom is 0.221 e. The average Bonchev–Trinajstić information content (AvgIpc) is 2.27. The molecule has 5 nitrogen and oxygen atoms in total. The molecule has 0 spiro atoms. The molecular formula is C13H22N4O. The molecule has 0 atom stereocenters. The van der Waals surface area contributed by atoms with Crippen molar-refractivity contribution < 1.29 is 4.79 Å². The van der Waals surface area contributed by atoms with Gasteiger partial charge in [-0.25, -0.2) is 9.97 Å². The Hall–Kier alpha value is -1.65. The molecule has 1 rings (SSSR count). The van der Waals surface area contributed by atoms with Gasteiger partial charge in [0, 0.05) is 30.8 Å². The molecule has 0 fully saturated rings. The van der Waals surface area contributed by atoms with Crippen LogP contribution in [0.25, 0.3) is 0 Å². The van der Waals surface area contributed by atoms with E-state index in [9.17, 15) is 4.79 Å². The van der Waals surface area contributed by atoms with Crippen LogP contribution < -0.4 is 10.6 Å². The fourth-order valence-electron chi connectivity index (χ4n) is 1.60. The van der Waals surface area contributed by atoms with E-state index >= 15 is 0 Å². The van der Waals surface area contributed by atoms with Gasteiger partial charge in [-0.1, -0.05) is 6.92 Å². The van der Waals surface area contributed by atoms with Crippen molar-refractivity contribution in [3.05, 3.63) is 17.6 Å². The largest absolute Gasteiger partial charge is 0.369 e. The van der Waals surface area contributed by atoms with Gasteiger partial charge in [0.25, 0.3) is 0 Å². The Kier molecular flexibility index (Phi) is 5.55. The maximum atomic E-state index is 11.4. The number of aromatic nitrogens is 2. The van der Waals surface area contributed by atoms with E-state index in [1.165, 1.54) is 0 Å². The lowest BCUT2D eigenvalue weighted by atomic mass is 10.3. The molecule has 0 unspecified atom stereocenters. The van der Waals surface area contributed by atoms with E-state index in [1.807, 2.05) is 26.8 Å². The highest BCUT2D eigenvalue weighted by atomic mass is 16.1. The fraction of sp³-hybridized carbons (Fsp3) is 0.615. The lowest BCUT2D eigenvalue weighted by molar-refractivity contribution is -0.121. The number of amides is 1. The second-order valence-corrected chi connectivity index (χ2v) is 4.54. The summed E-state index contributed by atoms with van der Waals surface area (Å²) in [6.07, 6.45) is 1.33. The van der Waals surface area contributed by atoms with Crippen LogP contribution in [-0.4, -0.2) is 28.5 Å². The summed E-state index contributed by atoms with van der Waals surface area (Å²) >= 11 is 0. The van der Waals surface area contributed by atoms with Gasteiger partial charge in [0.05, 0.1) is 0 Å². The first-order chi connectivity index (χ1) is 8.51. The van der Waals surface area contributed by atoms with Crippen molar-refractivity contribution in [3.63, 3.8) is 0 Å². The number of hydrogen-bond donors (Lipinski definition) is 2. The highest BCUT2D eigenvalue weighted by Gasteiger charge is 2.04. The first-order valence-corrected chi connectivity index (χ1v) is 6.39. The molecule has 0 aromatic carbocycles. The smallest absolute Gasteiger partial charge is 0.221 e. The van der Waals surface area contributed by atoms with Crippen LogP contribution in [0.5, 0.6) is 0 Å². The highest BCUT2D eigenvalue weighted by molar-refractivity contribution is 5.76. The molecule has 2 N–H and O–H groups in total. The van der Waals surface area contributed by atoms with Crippen LogP contribution in [0, 0.1) is 6.92 Å². The third-order valence-corrected chi connectivity index (χ3v) is 2.36. The molecular weight excluding hydrogens is 228 g/mol. The monoisotopic (exact) mass is 250 g/mol. The van der Waals surface area contributed by atoms with Crippen LogP contribution >= 0.6 is 0 Å². The minimum Gasteiger partial charge on any atom is -0.369 e. The summed E-state index contributed by atoms with van der Waals surface area (Å²) in [5, 5.41) is 6.00. The van der Waals surface area contributed by atoms with E-state index in [0.717, 1.165) is 23.8 Å². The van der Waals surface area contributed by atoms with Crippen LogP contribution in [0.4, 0.5) is 5.82 Å². The quantitative estimate of drug-likeness (QED) is 0.806. The Morgan fingerprint density at radius 2 is 2.11 bits per heavy atom. The number of carbonyl (C=O) groups is 1. The molecule has 100 valence electrons. The number of hydrogen-bond acceptors (Lipinski definition) is 4. The standard InChI is InChI=1S/C13H22N4O/c1-5-11-8-12(17-10(4)16-11)14-7-6-13(18)15-9(2)3/h8-9H,5-7H2,1-4H3,(H,15,18)(H,14,16,17). The van der Waals surface area contributed by atoms with Gasteiger partial charge in [0.2, 0.25) is 5.91 Å². The van der Waals surface area contributed by atoms with Gasteiger partial charge >= 0.3 is 0 Å². The Morgan fingerprint density at radius 1 is 1.39 bits per heavy atom. The summed E-state index contributed by atoms with van der Waals surface area (Å²) in [6.45, 7) is 8.41. The Labute approximate surface area is 108 Å². The molecule has 0 bridgehead atoms. The number of rotatable bonds is 6. The van der Waals surface area contributed by atoms with Crippen molar-refractivity contribution in [1.82, 2.24) is 15.3 Å². The molecule has 1 heterocycles. The molecule has 5 heteroatoms. The number of carbonyl (C=O) groups excluding carboxylic acids is 1. The van der Waals surface area contributed by atoms with E-state index in [0.29, 0.717) is 13.0 Å². The average molecular weight is 250 g/mol. The fourth-order valence-corrected chi connectivity index (χ4v) is 1.60. The topological polar surface area (TPSA) is 66.9 Å². The molecule has 0 aliphatic rings. The van der Waals surface area contributed by atoms with Crippen LogP contribution in [0.2, 0.25) is 0 Å². The number of nitrogens with one attached hydrogen (secondary N) is 2. The van der Waals surface area contributed by atoms with Crippen molar-refractivity contribution in [1.29, 1.82) is 0 Å². The Bertz CT molecular complexity index is 404. The minimum atomic E-state index is 0.0546. The van der Waals surface area contributed by atoms with Crippen molar-refractivity contribution >= 4 is 11.7 Å². The highest BCUT2D eigenvalue weighted by Crippen LogP contribution is 2.07. The van der Waals surface area contributed by atoms with Gasteiger partial charge in [-0.3, -0.25) is 4.79 Å². The predicted octanol–water partition coefficient (Wildman–Crippen LogP) is 1.67. The first kappa shape index (κ1) is 14.4. The van der Waals surface area contributed by atoms with E-state index in [2.05, 4.69) is 27.5 Å². The lowest BCUT2D eigenvalue weighted by Gasteiger charge is -2.10. The summed E-state index contributed by atoms with van der Waals surface area (Å²) in [6, 6.07) is 2.11. The SMILES string of the molecule is CCc1cc(NCCC(=O)NC(C)C)nc(C)n1. The Balaban J connectivity index is 2.44. The van der Waals surface area contributed by atoms with Gasteiger partial charge in [-0.2, -0.15) is 0 Å². The van der Waals surface area contributed by atoms with Crippen molar-refractivity contribution in [3.8, 4) is 0 Å². The third kappa shape index (κ3) is 5.12. The number of anilines is 1. The molecule has 0 saturated heterocycles. The molecule has 0 radical (unpaired) electrons. The molecule has 0 saturated carbocycles. The summed E-state index contributed by atoms with van der Waals surface area (Å²) in [4.78, 5) is 20.0. The van der Waals surface area contributed by atoms with Gasteiger partial charge < -0.3 is 10.6 Å². The second-order valence-electron chi connectivity index (χ2n) is 4.54. The molecule has 1 aromatic rings. The predicted molar refractivity (Wildman–Crippen MR) is 72.5 cm³/mol. The first-order valence-electron chi connectivity index (χ1n) is 6.39. The van der Waals surface area contributed by atoms with Crippen molar-refractivity contribution in [2.75, 3.05) is 11.9 Å². The van der Waals surface area contributed by atoms with E-state index < -0.39 is 0 Å². The number of aryl methyl sites for hydroxylation is 2. The number of nitrogens with zero attached hydrogens (tertiary/aromatic N) is 2. The zero-order valence-corrected chi connectivity index (χ0v) is 11.6. The van der Waals surface area contributed by atoms with Crippen LogP contribution in [-0.2, 0) is 11.2 Å². The minimum absolute atomic E-state index is 0.0546. The van der Waals surface area contributed by atoms with E-state index in [4.69, 9.17) is 0 Å². The maximum absolute atomic E-state index is 11.4. The van der Waals surface area contributed by atoms with Crippen LogP contribution in [0.1, 0.15) is 38.7 Å². The van der Waals surface area contributed by atoms with Gasteiger partial charge in [0.15, 0.2) is 0 Å². The molecule has 1 amide bonds. The molecule has 0 aliphatic heterocycles. The van der Waals surface area contributed by atoms with E-state index in [-0.39, 0.29) is 11.9 Å². The van der Waals surface area contributed by atoms with Crippen molar-refractivity contribution in [2.45, 2.75) is 46.6 Å². The summed E-state index contributed by atoms with van der Waals surface area (Å²) in [5.74, 6) is 1.60. The van der Waals surface area contributed by atoms with Gasteiger partial charge in [0.1, 0.15) is 11.6 Å². The third-order valence-electron chi connectivity index (χ3n) is 2.36. The normalized spacial score (nSPS) is 10.5. The van der Waals surface area contributed by atoms with Crippen LogP contribution in [0.15, 0.2) is 6.07 Å². The summed E-state index contributed by atoms with van der Waals surface area (Å²) in [5.41, 5.74) is 1.01.